The molecular formula is C11H15Cl3NO2+. The number of hydrogen-bond donors (Lipinski definition) is 2. The molecule has 0 heterocycles. The van der Waals surface area contributed by atoms with Gasteiger partial charge in [0.1, 0.15) is 19.3 Å². The molecule has 1 aromatic carbocycles. The zero-order chi connectivity index (χ0) is 13.0. The molecule has 1 rings (SSSR count). The van der Waals surface area contributed by atoms with E-state index in [2.05, 4.69) is 0 Å². The van der Waals surface area contributed by atoms with Crippen LogP contribution in [0.4, 0.5) is 0 Å². The van der Waals surface area contributed by atoms with Gasteiger partial charge in [-0.15, -0.1) is 0 Å². The number of quaternary nitrogens is 1. The van der Waals surface area contributed by atoms with Crippen molar-refractivity contribution in [1.82, 2.24) is 0 Å². The van der Waals surface area contributed by atoms with E-state index in [4.69, 9.17) is 39.5 Å². The van der Waals surface area contributed by atoms with Gasteiger partial charge in [0, 0.05) is 5.02 Å². The quantitative estimate of drug-likeness (QED) is 0.865. The molecule has 2 N–H and O–H groups in total. The van der Waals surface area contributed by atoms with Crippen molar-refractivity contribution in [3.05, 3.63) is 27.2 Å². The maximum Gasteiger partial charge on any atom is 0.156 e. The predicted molar refractivity (Wildman–Crippen MR) is 70.7 cm³/mol. The van der Waals surface area contributed by atoms with Gasteiger partial charge >= 0.3 is 0 Å². The molecular weight excluding hydrogens is 284 g/mol. The summed E-state index contributed by atoms with van der Waals surface area (Å²) in [5, 5.41) is 10.8. The van der Waals surface area contributed by atoms with Gasteiger partial charge in [-0.1, -0.05) is 34.8 Å². The monoisotopic (exact) mass is 298 g/mol. The molecule has 0 amide bonds. The average molecular weight is 300 g/mol. The summed E-state index contributed by atoms with van der Waals surface area (Å²) < 4.78 is 5.40. The summed E-state index contributed by atoms with van der Waals surface area (Å²) in [5.74, 6) is 0.352. The number of hydrogen-bond acceptors (Lipinski definition) is 2. The van der Waals surface area contributed by atoms with Crippen LogP contribution in [-0.2, 0) is 0 Å². The van der Waals surface area contributed by atoms with Gasteiger partial charge in [-0.05, 0) is 12.1 Å². The lowest BCUT2D eigenvalue weighted by atomic mass is 10.3. The molecule has 0 aliphatic carbocycles. The Balaban J connectivity index is 2.63. The van der Waals surface area contributed by atoms with E-state index in [1.54, 1.807) is 12.1 Å². The number of likely N-dealkylation sites (N-methyl/N-ethyl adjacent to an activating group) is 1. The minimum Gasteiger partial charge on any atom is -0.488 e. The molecule has 3 nitrogen and oxygen atoms in total. The second kappa shape index (κ2) is 6.66. The van der Waals surface area contributed by atoms with E-state index < -0.39 is 6.10 Å². The van der Waals surface area contributed by atoms with Crippen LogP contribution in [0, 0.1) is 0 Å². The summed E-state index contributed by atoms with van der Waals surface area (Å²) in [6.45, 7) is 0.731. The van der Waals surface area contributed by atoms with Crippen molar-refractivity contribution in [2.45, 2.75) is 6.10 Å². The minimum atomic E-state index is -0.567. The molecule has 0 saturated heterocycles. The van der Waals surface area contributed by atoms with Crippen LogP contribution < -0.4 is 9.64 Å². The first kappa shape index (κ1) is 14.9. The normalized spacial score (nSPS) is 12.9. The summed E-state index contributed by atoms with van der Waals surface area (Å²) in [7, 11) is 3.90. The maximum absolute atomic E-state index is 9.66. The minimum absolute atomic E-state index is 0.145. The van der Waals surface area contributed by atoms with Gasteiger partial charge in [0.2, 0.25) is 0 Å². The Bertz CT molecular complexity index is 362. The van der Waals surface area contributed by atoms with Crippen LogP contribution in [0.3, 0.4) is 0 Å². The molecule has 0 aromatic heterocycles. The van der Waals surface area contributed by atoms with Crippen LogP contribution in [0.15, 0.2) is 12.1 Å². The molecule has 0 saturated carbocycles. The molecule has 0 bridgehead atoms. The Hall–Kier alpha value is -0.190. The van der Waals surface area contributed by atoms with Gasteiger partial charge in [-0.2, -0.15) is 0 Å². The number of ether oxygens (including phenoxy) is 1. The largest absolute Gasteiger partial charge is 0.488 e. The van der Waals surface area contributed by atoms with Gasteiger partial charge in [0.25, 0.3) is 0 Å². The van der Waals surface area contributed by atoms with Crippen LogP contribution >= 0.6 is 34.8 Å². The van der Waals surface area contributed by atoms with E-state index in [-0.39, 0.29) is 6.61 Å². The fraction of sp³-hybridized carbons (Fsp3) is 0.455. The van der Waals surface area contributed by atoms with Crippen molar-refractivity contribution < 1.29 is 14.7 Å². The fourth-order valence-electron chi connectivity index (χ4n) is 1.38. The second-order valence-electron chi connectivity index (χ2n) is 4.07. The predicted octanol–water partition coefficient (Wildman–Crippen LogP) is 1.53. The number of aliphatic hydroxyl groups excluding tert-OH is 1. The summed E-state index contributed by atoms with van der Waals surface area (Å²) in [6.07, 6.45) is -0.567. The van der Waals surface area contributed by atoms with Crippen molar-refractivity contribution in [3.63, 3.8) is 0 Å². The Morgan fingerprint density at radius 1 is 1.24 bits per heavy atom. The lowest BCUT2D eigenvalue weighted by Crippen LogP contribution is -3.07. The van der Waals surface area contributed by atoms with Crippen molar-refractivity contribution in [1.29, 1.82) is 0 Å². The third kappa shape index (κ3) is 4.90. The molecule has 1 aromatic rings. The number of rotatable bonds is 5. The fourth-order valence-corrected chi connectivity index (χ4v) is 2.30. The zero-order valence-corrected chi connectivity index (χ0v) is 11.9. The number of benzene rings is 1. The lowest BCUT2D eigenvalue weighted by Gasteiger charge is -2.16. The molecule has 1 atom stereocenters. The van der Waals surface area contributed by atoms with Gasteiger partial charge in [0.15, 0.2) is 5.75 Å². The van der Waals surface area contributed by atoms with Gasteiger partial charge in [-0.25, -0.2) is 0 Å². The van der Waals surface area contributed by atoms with E-state index in [9.17, 15) is 5.11 Å². The van der Waals surface area contributed by atoms with Crippen molar-refractivity contribution in [2.24, 2.45) is 0 Å². The molecule has 6 heteroatoms. The Morgan fingerprint density at radius 2 is 1.76 bits per heavy atom. The summed E-state index contributed by atoms with van der Waals surface area (Å²) in [5.41, 5.74) is 0. The van der Waals surface area contributed by atoms with Crippen molar-refractivity contribution >= 4 is 34.8 Å². The molecule has 0 aliphatic rings. The van der Waals surface area contributed by atoms with Gasteiger partial charge in [0.05, 0.1) is 24.1 Å². The summed E-state index contributed by atoms with van der Waals surface area (Å²) in [6, 6.07) is 3.10. The molecule has 0 radical (unpaired) electrons. The van der Waals surface area contributed by atoms with E-state index in [1.165, 1.54) is 0 Å². The summed E-state index contributed by atoms with van der Waals surface area (Å²) in [4.78, 5) is 1.13. The smallest absolute Gasteiger partial charge is 0.156 e. The number of aliphatic hydroxyl groups is 1. The molecule has 0 fully saturated rings. The van der Waals surface area contributed by atoms with E-state index in [1.807, 2.05) is 14.1 Å². The number of halogens is 3. The third-order valence-electron chi connectivity index (χ3n) is 2.03. The van der Waals surface area contributed by atoms with Crippen LogP contribution in [-0.4, -0.2) is 38.5 Å². The lowest BCUT2D eigenvalue weighted by molar-refractivity contribution is -0.861. The standard InChI is InChI=1S/C11H14Cl3NO2/c1-15(2)5-8(16)6-17-11-9(13)3-7(12)4-10(11)14/h3-4,8,16H,5-6H2,1-2H3/p+1. The third-order valence-corrected chi connectivity index (χ3v) is 2.81. The van der Waals surface area contributed by atoms with Crippen molar-refractivity contribution in [3.8, 4) is 5.75 Å². The first-order valence-corrected chi connectivity index (χ1v) is 6.28. The topological polar surface area (TPSA) is 33.9 Å². The average Bonchev–Trinajstić information content (AvgIpc) is 2.14. The first-order valence-electron chi connectivity index (χ1n) is 5.14. The Kier molecular flexibility index (Phi) is 5.83. The highest BCUT2D eigenvalue weighted by atomic mass is 35.5. The van der Waals surface area contributed by atoms with E-state index in [0.29, 0.717) is 27.4 Å². The Morgan fingerprint density at radius 3 is 2.24 bits per heavy atom. The molecule has 1 unspecified atom stereocenters. The highest BCUT2D eigenvalue weighted by molar-refractivity contribution is 6.40. The Labute approximate surface area is 116 Å². The van der Waals surface area contributed by atoms with Crippen LogP contribution in [0.25, 0.3) is 0 Å². The zero-order valence-electron chi connectivity index (χ0n) is 9.64. The highest BCUT2D eigenvalue weighted by Gasteiger charge is 2.13. The first-order chi connectivity index (χ1) is 7.90. The van der Waals surface area contributed by atoms with Gasteiger partial charge < -0.3 is 14.7 Å². The molecule has 0 spiro atoms. The molecule has 96 valence electrons. The molecule has 17 heavy (non-hydrogen) atoms. The van der Waals surface area contributed by atoms with E-state index in [0.717, 1.165) is 4.90 Å². The molecule has 0 aliphatic heterocycles. The number of nitrogens with one attached hydrogen (secondary N) is 1. The second-order valence-corrected chi connectivity index (χ2v) is 5.33. The van der Waals surface area contributed by atoms with Crippen LogP contribution in [0.2, 0.25) is 15.1 Å². The van der Waals surface area contributed by atoms with E-state index >= 15 is 0 Å². The van der Waals surface area contributed by atoms with Crippen LogP contribution in [0.1, 0.15) is 0 Å². The maximum atomic E-state index is 9.66. The van der Waals surface area contributed by atoms with Crippen LogP contribution in [0.5, 0.6) is 5.75 Å². The SMILES string of the molecule is C[NH+](C)CC(O)COc1c(Cl)cc(Cl)cc1Cl. The highest BCUT2D eigenvalue weighted by Crippen LogP contribution is 2.35. The van der Waals surface area contributed by atoms with Gasteiger partial charge in [-0.3, -0.25) is 0 Å². The summed E-state index contributed by atoms with van der Waals surface area (Å²) >= 11 is 17.7. The van der Waals surface area contributed by atoms with Crippen molar-refractivity contribution in [2.75, 3.05) is 27.2 Å².